The molecule has 0 aliphatic carbocycles. The monoisotopic (exact) mass is 849 g/mol. The molecule has 350 valence electrons. The highest BCUT2D eigenvalue weighted by atomic mass is 16.7. The SMILES string of the molecule is CC/C=C\C/C=C\C/C=C\C/C=C\CCCCCCC(=O)OC(COCCCCCCCCCCCCCCCCCCCCCC)COC1OC(CO)C(O)C(O)C1O. The van der Waals surface area contributed by atoms with Gasteiger partial charge in [0, 0.05) is 13.0 Å². The maximum atomic E-state index is 12.8. The number of carbonyl (C=O) groups is 1. The highest BCUT2D eigenvalue weighted by molar-refractivity contribution is 5.69. The summed E-state index contributed by atoms with van der Waals surface area (Å²) in [6.45, 7) is 4.44. The number of allylic oxidation sites excluding steroid dienone is 8. The summed E-state index contributed by atoms with van der Waals surface area (Å²) in [4.78, 5) is 12.8. The summed E-state index contributed by atoms with van der Waals surface area (Å²) >= 11 is 0. The average molecular weight is 849 g/mol. The number of hydrogen-bond acceptors (Lipinski definition) is 9. The number of esters is 1. The summed E-state index contributed by atoms with van der Waals surface area (Å²) in [6, 6.07) is 0. The molecule has 1 saturated heterocycles. The van der Waals surface area contributed by atoms with E-state index in [2.05, 4.69) is 62.5 Å². The van der Waals surface area contributed by atoms with Crippen LogP contribution in [0, 0.1) is 0 Å². The van der Waals surface area contributed by atoms with Gasteiger partial charge >= 0.3 is 5.97 Å². The van der Waals surface area contributed by atoms with Gasteiger partial charge in [-0.15, -0.1) is 0 Å². The van der Waals surface area contributed by atoms with Crippen LogP contribution in [0.2, 0.25) is 0 Å². The van der Waals surface area contributed by atoms with Gasteiger partial charge in [-0.3, -0.25) is 4.79 Å². The van der Waals surface area contributed by atoms with Crippen molar-refractivity contribution in [3.63, 3.8) is 0 Å². The van der Waals surface area contributed by atoms with Crippen LogP contribution in [0.3, 0.4) is 0 Å². The Balaban J connectivity index is 2.23. The number of unbranched alkanes of at least 4 members (excludes halogenated alkanes) is 23. The van der Waals surface area contributed by atoms with Crippen molar-refractivity contribution in [2.75, 3.05) is 26.4 Å². The zero-order valence-corrected chi connectivity index (χ0v) is 38.5. The second-order valence-corrected chi connectivity index (χ2v) is 16.9. The molecule has 4 N–H and O–H groups in total. The van der Waals surface area contributed by atoms with Gasteiger partial charge in [-0.1, -0.05) is 197 Å². The van der Waals surface area contributed by atoms with Crippen molar-refractivity contribution < 1.29 is 44.2 Å². The summed E-state index contributed by atoms with van der Waals surface area (Å²) in [5, 5.41) is 40.2. The van der Waals surface area contributed by atoms with Crippen LogP contribution in [0.5, 0.6) is 0 Å². The van der Waals surface area contributed by atoms with Crippen LogP contribution in [-0.4, -0.2) is 89.6 Å². The minimum atomic E-state index is -1.54. The molecule has 0 saturated carbocycles. The quantitative estimate of drug-likeness (QED) is 0.0269. The predicted molar refractivity (Wildman–Crippen MR) is 247 cm³/mol. The molecule has 1 aliphatic heterocycles. The lowest BCUT2D eigenvalue weighted by Gasteiger charge is -2.39. The van der Waals surface area contributed by atoms with Crippen molar-refractivity contribution in [1.29, 1.82) is 0 Å². The van der Waals surface area contributed by atoms with Crippen molar-refractivity contribution in [1.82, 2.24) is 0 Å². The first-order valence-electron chi connectivity index (χ1n) is 24.7. The Morgan fingerprint density at radius 3 is 1.53 bits per heavy atom. The molecule has 0 amide bonds. The molecule has 6 unspecified atom stereocenters. The lowest BCUT2D eigenvalue weighted by molar-refractivity contribution is -0.305. The van der Waals surface area contributed by atoms with Crippen LogP contribution in [0.15, 0.2) is 48.6 Å². The third-order valence-electron chi connectivity index (χ3n) is 11.3. The topological polar surface area (TPSA) is 135 Å². The molecule has 0 radical (unpaired) electrons. The Morgan fingerprint density at radius 1 is 0.550 bits per heavy atom. The van der Waals surface area contributed by atoms with E-state index in [9.17, 15) is 25.2 Å². The van der Waals surface area contributed by atoms with Gasteiger partial charge in [0.2, 0.25) is 0 Å². The van der Waals surface area contributed by atoms with E-state index in [1.54, 1.807) is 0 Å². The Morgan fingerprint density at radius 2 is 1.02 bits per heavy atom. The van der Waals surface area contributed by atoms with E-state index in [4.69, 9.17) is 18.9 Å². The van der Waals surface area contributed by atoms with Crippen molar-refractivity contribution in [3.8, 4) is 0 Å². The second kappa shape index (κ2) is 42.5. The van der Waals surface area contributed by atoms with Crippen LogP contribution in [-0.2, 0) is 23.7 Å². The molecule has 9 heteroatoms. The number of aliphatic hydroxyl groups is 4. The molecule has 0 aromatic heterocycles. The number of carbonyl (C=O) groups excluding carboxylic acids is 1. The third-order valence-corrected chi connectivity index (χ3v) is 11.3. The summed E-state index contributed by atoms with van der Waals surface area (Å²) in [6.07, 6.45) is 45.7. The fraction of sp³-hybridized carbons (Fsp3) is 0.824. The molecule has 9 nitrogen and oxygen atoms in total. The summed E-state index contributed by atoms with van der Waals surface area (Å²) < 4.78 is 22.9. The first kappa shape index (κ1) is 56.2. The van der Waals surface area contributed by atoms with Crippen LogP contribution >= 0.6 is 0 Å². The summed E-state index contributed by atoms with van der Waals surface area (Å²) in [5.74, 6) is -0.334. The van der Waals surface area contributed by atoms with Crippen LogP contribution in [0.4, 0.5) is 0 Å². The Bertz CT molecular complexity index is 1060. The van der Waals surface area contributed by atoms with E-state index >= 15 is 0 Å². The van der Waals surface area contributed by atoms with E-state index in [-0.39, 0.29) is 19.2 Å². The van der Waals surface area contributed by atoms with Crippen molar-refractivity contribution in [2.45, 2.75) is 243 Å². The van der Waals surface area contributed by atoms with Gasteiger partial charge in [-0.05, 0) is 51.4 Å². The van der Waals surface area contributed by atoms with Crippen molar-refractivity contribution in [3.05, 3.63) is 48.6 Å². The highest BCUT2D eigenvalue weighted by Gasteiger charge is 2.44. The van der Waals surface area contributed by atoms with E-state index in [0.29, 0.717) is 13.0 Å². The van der Waals surface area contributed by atoms with Crippen molar-refractivity contribution in [2.24, 2.45) is 0 Å². The predicted octanol–water partition coefficient (Wildman–Crippen LogP) is 11.7. The van der Waals surface area contributed by atoms with Gasteiger partial charge in [0.25, 0.3) is 0 Å². The molecule has 0 aromatic carbocycles. The fourth-order valence-corrected chi connectivity index (χ4v) is 7.43. The minimum Gasteiger partial charge on any atom is -0.457 e. The number of ether oxygens (including phenoxy) is 4. The molecular weight excluding hydrogens is 757 g/mol. The van der Waals surface area contributed by atoms with Crippen LogP contribution in [0.25, 0.3) is 0 Å². The minimum absolute atomic E-state index is 0.122. The Kier molecular flexibility index (Phi) is 39.7. The lowest BCUT2D eigenvalue weighted by atomic mass is 9.99. The first-order valence-corrected chi connectivity index (χ1v) is 24.7. The van der Waals surface area contributed by atoms with Gasteiger partial charge in [-0.2, -0.15) is 0 Å². The molecule has 0 aromatic rings. The van der Waals surface area contributed by atoms with Crippen molar-refractivity contribution >= 4 is 5.97 Å². The number of aliphatic hydroxyl groups excluding tert-OH is 4. The average Bonchev–Trinajstić information content (AvgIpc) is 3.25. The van der Waals surface area contributed by atoms with Gasteiger partial charge in [0.05, 0.1) is 19.8 Å². The fourth-order valence-electron chi connectivity index (χ4n) is 7.43. The molecule has 0 bridgehead atoms. The smallest absolute Gasteiger partial charge is 0.306 e. The van der Waals surface area contributed by atoms with E-state index in [1.165, 1.54) is 116 Å². The van der Waals surface area contributed by atoms with E-state index in [0.717, 1.165) is 70.6 Å². The maximum Gasteiger partial charge on any atom is 0.306 e. The molecule has 1 rings (SSSR count). The normalized spacial score (nSPS) is 20.4. The van der Waals surface area contributed by atoms with Crippen LogP contribution < -0.4 is 0 Å². The highest BCUT2D eigenvalue weighted by Crippen LogP contribution is 2.23. The zero-order valence-electron chi connectivity index (χ0n) is 38.5. The molecule has 0 spiro atoms. The molecule has 60 heavy (non-hydrogen) atoms. The molecule has 1 heterocycles. The number of hydrogen-bond donors (Lipinski definition) is 4. The molecule has 1 fully saturated rings. The van der Waals surface area contributed by atoms with Gasteiger partial charge in [0.15, 0.2) is 6.29 Å². The van der Waals surface area contributed by atoms with Gasteiger partial charge < -0.3 is 39.4 Å². The summed E-state index contributed by atoms with van der Waals surface area (Å²) in [7, 11) is 0. The number of rotatable bonds is 42. The molecular formula is C51H92O9. The first-order chi connectivity index (χ1) is 29.4. The standard InChI is InChI=1S/C51H92O9/c1-3-5-7-9-11-13-15-17-19-21-22-23-25-27-29-31-33-35-37-39-41-57-43-45(44-58-51-50(56)49(55)48(54)46(42-52)60-51)59-47(53)40-38-36-34-32-30-28-26-24-20-18-16-14-12-10-8-6-4-2/h6,8,12,14,18,20,26,28,45-46,48-52,54-56H,3-5,7,9-11,13,15-17,19,21-25,27,29-44H2,1-2H3/b8-6-,14-12-,20-18-,28-26-. The van der Waals surface area contributed by atoms with E-state index < -0.39 is 43.4 Å². The van der Waals surface area contributed by atoms with E-state index in [1.807, 2.05) is 0 Å². The zero-order chi connectivity index (χ0) is 43.6. The van der Waals surface area contributed by atoms with Gasteiger partial charge in [0.1, 0.15) is 30.5 Å². The Labute approximate surface area is 367 Å². The lowest BCUT2D eigenvalue weighted by Crippen LogP contribution is -2.59. The van der Waals surface area contributed by atoms with Gasteiger partial charge in [-0.25, -0.2) is 0 Å². The summed E-state index contributed by atoms with van der Waals surface area (Å²) in [5.41, 5.74) is 0. The molecule has 1 aliphatic rings. The third kappa shape index (κ3) is 32.8. The molecule has 6 atom stereocenters. The second-order valence-electron chi connectivity index (χ2n) is 16.9. The largest absolute Gasteiger partial charge is 0.457 e. The van der Waals surface area contributed by atoms with Crippen LogP contribution in [0.1, 0.15) is 206 Å². The Hall–Kier alpha value is -1.85. The maximum absolute atomic E-state index is 12.8.